The Bertz CT molecular complexity index is 2510. The minimum absolute atomic E-state index is 0. The van der Waals surface area contributed by atoms with E-state index in [1.54, 1.807) is 36.0 Å². The van der Waals surface area contributed by atoms with Crippen LogP contribution in [0.25, 0.3) is 38.9 Å². The maximum atomic E-state index is 12.3. The Morgan fingerprint density at radius 1 is 0.800 bits per heavy atom. The molecule has 1 fully saturated rings. The van der Waals surface area contributed by atoms with E-state index in [1.165, 1.54) is 46.3 Å². The Morgan fingerprint density at radius 3 is 1.80 bits per heavy atom. The first-order chi connectivity index (χ1) is 28.5. The molecule has 3 heterocycles. The molecule has 0 unspecified atom stereocenters. The van der Waals surface area contributed by atoms with Crippen LogP contribution in [0.15, 0.2) is 106 Å². The number of benzene rings is 4. The van der Waals surface area contributed by atoms with Crippen molar-refractivity contribution in [2.45, 2.75) is 59.4 Å². The average Bonchev–Trinajstić information content (AvgIpc) is 3.99. The topological polar surface area (TPSA) is 118 Å². The number of esters is 2. The van der Waals surface area contributed by atoms with Gasteiger partial charge in [0.15, 0.2) is 11.4 Å². The number of imidazole rings is 1. The molecule has 1 N–H and O–H groups in total. The number of hydrogen-bond donors (Lipinski definition) is 1. The molecule has 8 rings (SSSR count). The summed E-state index contributed by atoms with van der Waals surface area (Å²) in [6, 6.07) is 28.0. The van der Waals surface area contributed by atoms with Crippen molar-refractivity contribution in [2.75, 3.05) is 21.3 Å². The van der Waals surface area contributed by atoms with Crippen LogP contribution < -0.4 is 5.32 Å². The second-order valence-electron chi connectivity index (χ2n) is 13.6. The van der Waals surface area contributed by atoms with Crippen LogP contribution in [0, 0.1) is 16.4 Å². The Hall–Kier alpha value is -3.13. The Morgan fingerprint density at radius 2 is 1.33 bits per heavy atom. The summed E-state index contributed by atoms with van der Waals surface area (Å²) in [4.78, 5) is 28.5. The summed E-state index contributed by atoms with van der Waals surface area (Å²) >= 11 is 15.0. The predicted octanol–water partition coefficient (Wildman–Crippen LogP) is 11.9. The first-order valence-electron chi connectivity index (χ1n) is 18.7. The SMILES string of the molecule is C.CC[C@H]1CCCC[C@@H]1NC.COC(=O)c1nn(-c2cccc(Br)c2)c2ccc(-n3cnc(C)c3)cc12.COC(=O)c1nn(-c2cccc(Br)c2)c2ccc(I)cc12.[Cu][I]. The van der Waals surface area contributed by atoms with Gasteiger partial charge in [-0.15, -0.1) is 0 Å². The second-order valence-corrected chi connectivity index (χ2v) is 16.7. The van der Waals surface area contributed by atoms with Gasteiger partial charge in [0, 0.05) is 41.2 Å². The van der Waals surface area contributed by atoms with Crippen molar-refractivity contribution in [3.63, 3.8) is 0 Å². The molecule has 0 bridgehead atoms. The van der Waals surface area contributed by atoms with E-state index < -0.39 is 11.9 Å². The third-order valence-electron chi connectivity index (χ3n) is 9.98. The van der Waals surface area contributed by atoms with Gasteiger partial charge in [-0.1, -0.05) is 77.6 Å². The van der Waals surface area contributed by atoms with Gasteiger partial charge in [-0.25, -0.2) is 23.9 Å². The summed E-state index contributed by atoms with van der Waals surface area (Å²) in [5.74, 6) is 0.0530. The number of carbonyl (C=O) groups excluding carboxylic acids is 2. The van der Waals surface area contributed by atoms with Gasteiger partial charge in [-0.05, 0) is 128 Å². The molecule has 16 heteroatoms. The van der Waals surface area contributed by atoms with Gasteiger partial charge in [0.1, 0.15) is 0 Å². The van der Waals surface area contributed by atoms with Crippen LogP contribution in [-0.4, -0.2) is 68.4 Å². The van der Waals surface area contributed by atoms with E-state index in [-0.39, 0.29) is 13.1 Å². The monoisotopic (exact) mass is 1210 g/mol. The second kappa shape index (κ2) is 23.9. The molecule has 0 spiro atoms. The molecule has 11 nitrogen and oxygen atoms in total. The first-order valence-corrected chi connectivity index (χ1v) is 24.4. The fourth-order valence-corrected chi connectivity index (χ4v) is 8.37. The summed E-state index contributed by atoms with van der Waals surface area (Å²) in [5, 5.41) is 13.9. The number of ether oxygens (including phenoxy) is 2. The van der Waals surface area contributed by atoms with Crippen LogP contribution in [0.2, 0.25) is 0 Å². The van der Waals surface area contributed by atoms with E-state index in [9.17, 15) is 9.59 Å². The van der Waals surface area contributed by atoms with Gasteiger partial charge < -0.3 is 19.4 Å². The van der Waals surface area contributed by atoms with Crippen molar-refractivity contribution in [1.82, 2.24) is 34.4 Å². The normalized spacial score (nSPS) is 14.4. The minimum atomic E-state index is -0.470. The van der Waals surface area contributed by atoms with Gasteiger partial charge >= 0.3 is 45.0 Å². The standard InChI is InChI=1S/C19H15BrN4O2.C15H10BrIN2O2.C9H19N.CH4.Cu.HI/c1-12-10-23(11-21-12)14-6-7-17-16(9-14)18(19(25)26-2)22-24(17)15-5-3-4-13(20)8-15;1-21-15(20)14-12-8-10(17)5-6-13(12)19(18-14)11-4-2-3-9(16)7-11;1-3-8-6-4-5-7-9(8)10-2;;;/h3-11H,1-2H3;2-8H,1H3;8-10H,3-7H2,1-2H3;1H4;;1H/q;;;;+1;/p-1/t;;8-,9-;;;/m..0.../s1. The van der Waals surface area contributed by atoms with E-state index in [1.807, 2.05) is 103 Å². The Labute approximate surface area is 401 Å². The predicted molar refractivity (Wildman–Crippen MR) is 261 cm³/mol. The van der Waals surface area contributed by atoms with Gasteiger partial charge in [0.25, 0.3) is 0 Å². The molecule has 0 saturated heterocycles. The summed E-state index contributed by atoms with van der Waals surface area (Å²) in [5.41, 5.74) is 5.85. The van der Waals surface area contributed by atoms with Crippen LogP contribution in [0.4, 0.5) is 0 Å². The number of aryl methyl sites for hydroxylation is 1. The van der Waals surface area contributed by atoms with Crippen molar-refractivity contribution >= 4 is 109 Å². The summed E-state index contributed by atoms with van der Waals surface area (Å²) in [7, 11) is 4.81. The van der Waals surface area contributed by atoms with Crippen molar-refractivity contribution < 1.29 is 31.8 Å². The molecule has 7 aromatic rings. The molecule has 1 aliphatic rings. The number of halogens is 4. The number of nitrogens with one attached hydrogen (secondary N) is 1. The van der Waals surface area contributed by atoms with E-state index in [0.717, 1.165) is 69.0 Å². The molecule has 0 radical (unpaired) electrons. The molecule has 0 amide bonds. The van der Waals surface area contributed by atoms with Gasteiger partial charge in [0.2, 0.25) is 0 Å². The molecular formula is C44H48Br2CuI2N7O4. The van der Waals surface area contributed by atoms with Crippen LogP contribution in [0.3, 0.4) is 0 Å². The number of fused-ring (bicyclic) bond motifs is 2. The molecule has 2 atom stereocenters. The summed E-state index contributed by atoms with van der Waals surface area (Å²) in [6.45, 7) is 4.24. The van der Waals surface area contributed by atoms with Gasteiger partial charge in [-0.2, -0.15) is 10.2 Å². The molecule has 4 aromatic carbocycles. The fraction of sp³-hybridized carbons (Fsp3) is 0.295. The number of methoxy groups -OCH3 is 2. The average molecular weight is 1220 g/mol. The molecule has 322 valence electrons. The number of rotatable bonds is 7. The van der Waals surface area contributed by atoms with Crippen molar-refractivity contribution in [1.29, 1.82) is 0 Å². The first kappa shape index (κ1) is 49.5. The summed E-state index contributed by atoms with van der Waals surface area (Å²) in [6.07, 6.45) is 10.8. The Kier molecular flexibility index (Phi) is 19.7. The molecule has 0 aliphatic heterocycles. The number of nitrogens with zero attached hydrogens (tertiary/aromatic N) is 6. The zero-order valence-corrected chi connectivity index (χ0v) is 41.5. The number of carbonyl (C=O) groups is 2. The van der Waals surface area contributed by atoms with Crippen molar-refractivity contribution in [3.05, 3.63) is 127 Å². The number of aromatic nitrogens is 6. The quantitative estimate of drug-likeness (QED) is 0.0952. The molecule has 1 saturated carbocycles. The molecular weight excluding hydrogens is 1170 g/mol. The third kappa shape index (κ3) is 12.1. The van der Waals surface area contributed by atoms with E-state index in [2.05, 4.69) is 102 Å². The van der Waals surface area contributed by atoms with Crippen molar-refractivity contribution in [2.24, 2.45) is 5.92 Å². The van der Waals surface area contributed by atoms with Crippen LogP contribution in [-0.2, 0) is 22.2 Å². The van der Waals surface area contributed by atoms with E-state index >= 15 is 0 Å². The van der Waals surface area contributed by atoms with E-state index in [4.69, 9.17) is 9.47 Å². The zero-order valence-electron chi connectivity index (χ0n) is 33.1. The maximum absolute atomic E-state index is 12.3. The van der Waals surface area contributed by atoms with Crippen LogP contribution in [0.1, 0.15) is 73.1 Å². The number of hydrogen-bond acceptors (Lipinski definition) is 8. The van der Waals surface area contributed by atoms with Crippen LogP contribution >= 0.6 is 74.8 Å². The molecule has 1 aliphatic carbocycles. The fourth-order valence-electron chi connectivity index (χ4n) is 7.10. The van der Waals surface area contributed by atoms with Crippen molar-refractivity contribution in [3.8, 4) is 17.1 Å². The van der Waals surface area contributed by atoms with Crippen LogP contribution in [0.5, 0.6) is 0 Å². The van der Waals surface area contributed by atoms with E-state index in [0.29, 0.717) is 5.69 Å². The van der Waals surface area contributed by atoms with Gasteiger partial charge in [0.05, 0.1) is 48.6 Å². The third-order valence-corrected chi connectivity index (χ3v) is 11.6. The summed E-state index contributed by atoms with van der Waals surface area (Å²) < 4.78 is 18.1. The Balaban J connectivity index is 0.000000209. The molecule has 3 aromatic heterocycles. The zero-order chi connectivity index (χ0) is 42.6. The van der Waals surface area contributed by atoms with Gasteiger partial charge in [-0.3, -0.25) is 0 Å². The molecule has 60 heavy (non-hydrogen) atoms.